The van der Waals surface area contributed by atoms with Gasteiger partial charge in [0.2, 0.25) is 5.91 Å². The van der Waals surface area contributed by atoms with Crippen molar-refractivity contribution < 1.29 is 4.79 Å². The molecule has 1 amide bonds. The van der Waals surface area contributed by atoms with E-state index in [0.717, 1.165) is 10.6 Å². The molecule has 1 aromatic heterocycles. The highest BCUT2D eigenvalue weighted by Gasteiger charge is 1.99. The van der Waals surface area contributed by atoms with Crippen molar-refractivity contribution >= 4 is 29.0 Å². The standard InChI is InChI=1S/C15H15NOS/c1-11-3-5-13(6-4-11)16-15(17)8-7-14-12(2)9-10-18-14/h3-10H,1-2H3,(H,16,17)/b8-7+. The molecule has 0 aliphatic rings. The van der Waals surface area contributed by atoms with E-state index in [2.05, 4.69) is 5.32 Å². The lowest BCUT2D eigenvalue weighted by molar-refractivity contribution is -0.111. The van der Waals surface area contributed by atoms with Crippen molar-refractivity contribution in [2.45, 2.75) is 13.8 Å². The number of hydrogen-bond acceptors (Lipinski definition) is 2. The van der Waals surface area contributed by atoms with Gasteiger partial charge in [-0.15, -0.1) is 11.3 Å². The van der Waals surface area contributed by atoms with Crippen LogP contribution in [-0.4, -0.2) is 5.91 Å². The topological polar surface area (TPSA) is 29.1 Å². The second kappa shape index (κ2) is 5.65. The monoisotopic (exact) mass is 257 g/mol. The summed E-state index contributed by atoms with van der Waals surface area (Å²) < 4.78 is 0. The molecule has 1 aromatic carbocycles. The molecule has 0 fully saturated rings. The molecule has 0 unspecified atom stereocenters. The molecule has 0 radical (unpaired) electrons. The Bertz CT molecular complexity index is 566. The van der Waals surface area contributed by atoms with E-state index in [9.17, 15) is 4.79 Å². The third kappa shape index (κ3) is 3.31. The van der Waals surface area contributed by atoms with Crippen LogP contribution in [-0.2, 0) is 4.79 Å². The summed E-state index contributed by atoms with van der Waals surface area (Å²) in [5, 5.41) is 4.85. The van der Waals surface area contributed by atoms with Gasteiger partial charge in [-0.1, -0.05) is 17.7 Å². The number of benzene rings is 1. The molecule has 0 aliphatic heterocycles. The first-order valence-electron chi connectivity index (χ1n) is 5.75. The summed E-state index contributed by atoms with van der Waals surface area (Å²) in [6, 6.07) is 9.79. The zero-order valence-electron chi connectivity index (χ0n) is 10.4. The lowest BCUT2D eigenvalue weighted by Gasteiger charge is -2.01. The van der Waals surface area contributed by atoms with E-state index in [1.165, 1.54) is 11.1 Å². The predicted octanol–water partition coefficient (Wildman–Crippen LogP) is 4.02. The summed E-state index contributed by atoms with van der Waals surface area (Å²) in [5.74, 6) is -0.105. The predicted molar refractivity (Wildman–Crippen MR) is 77.9 cm³/mol. The molecule has 2 aromatic rings. The van der Waals surface area contributed by atoms with Crippen LogP contribution in [0, 0.1) is 13.8 Å². The molecule has 0 aliphatic carbocycles. The van der Waals surface area contributed by atoms with Gasteiger partial charge in [0.1, 0.15) is 0 Å². The molecule has 18 heavy (non-hydrogen) atoms. The highest BCUT2D eigenvalue weighted by molar-refractivity contribution is 7.11. The Labute approximate surface area is 111 Å². The minimum atomic E-state index is -0.105. The Kier molecular flexibility index (Phi) is 3.95. The van der Waals surface area contributed by atoms with E-state index >= 15 is 0 Å². The van der Waals surface area contributed by atoms with Crippen LogP contribution in [0.5, 0.6) is 0 Å². The molecular formula is C15H15NOS. The highest BCUT2D eigenvalue weighted by atomic mass is 32.1. The van der Waals surface area contributed by atoms with Crippen LogP contribution in [0.4, 0.5) is 5.69 Å². The Morgan fingerprint density at radius 1 is 1.17 bits per heavy atom. The molecular weight excluding hydrogens is 242 g/mol. The zero-order chi connectivity index (χ0) is 13.0. The van der Waals surface area contributed by atoms with Crippen molar-refractivity contribution in [3.05, 3.63) is 57.8 Å². The second-order valence-corrected chi connectivity index (χ2v) is 5.10. The average Bonchev–Trinajstić information content (AvgIpc) is 2.75. The summed E-state index contributed by atoms with van der Waals surface area (Å²) in [6.07, 6.45) is 3.42. The van der Waals surface area contributed by atoms with Crippen LogP contribution < -0.4 is 5.32 Å². The maximum Gasteiger partial charge on any atom is 0.248 e. The number of carbonyl (C=O) groups is 1. The first-order valence-corrected chi connectivity index (χ1v) is 6.63. The average molecular weight is 257 g/mol. The Balaban J connectivity index is 1.99. The van der Waals surface area contributed by atoms with Gasteiger partial charge in [-0.25, -0.2) is 0 Å². The zero-order valence-corrected chi connectivity index (χ0v) is 11.3. The number of amides is 1. The first-order chi connectivity index (χ1) is 8.65. The summed E-state index contributed by atoms with van der Waals surface area (Å²) in [5.41, 5.74) is 3.19. The molecule has 2 rings (SSSR count). The van der Waals surface area contributed by atoms with Crippen LogP contribution in [0.15, 0.2) is 41.8 Å². The van der Waals surface area contributed by atoms with E-state index in [-0.39, 0.29) is 5.91 Å². The van der Waals surface area contributed by atoms with E-state index < -0.39 is 0 Å². The SMILES string of the molecule is Cc1ccc(NC(=O)/C=C/c2sccc2C)cc1. The Morgan fingerprint density at radius 3 is 2.50 bits per heavy atom. The normalized spacial score (nSPS) is 10.8. The van der Waals surface area contributed by atoms with E-state index in [1.54, 1.807) is 17.4 Å². The maximum atomic E-state index is 11.7. The van der Waals surface area contributed by atoms with Gasteiger partial charge in [-0.3, -0.25) is 4.79 Å². The second-order valence-electron chi connectivity index (χ2n) is 4.16. The van der Waals surface area contributed by atoms with Crippen molar-refractivity contribution in [2.24, 2.45) is 0 Å². The molecule has 0 bridgehead atoms. The fourth-order valence-corrected chi connectivity index (χ4v) is 2.35. The number of thiophene rings is 1. The van der Waals surface area contributed by atoms with Crippen molar-refractivity contribution in [3.63, 3.8) is 0 Å². The fourth-order valence-electron chi connectivity index (χ4n) is 1.53. The summed E-state index contributed by atoms with van der Waals surface area (Å²) in [6.45, 7) is 4.05. The maximum absolute atomic E-state index is 11.7. The number of hydrogen-bond donors (Lipinski definition) is 1. The van der Waals surface area contributed by atoms with Crippen LogP contribution in [0.2, 0.25) is 0 Å². The van der Waals surface area contributed by atoms with Gasteiger partial charge in [-0.05, 0) is 49.1 Å². The van der Waals surface area contributed by atoms with Gasteiger partial charge >= 0.3 is 0 Å². The summed E-state index contributed by atoms with van der Waals surface area (Å²) in [4.78, 5) is 12.8. The molecule has 1 heterocycles. The molecule has 0 saturated carbocycles. The largest absolute Gasteiger partial charge is 0.323 e. The number of rotatable bonds is 3. The number of aryl methyl sites for hydroxylation is 2. The number of nitrogens with one attached hydrogen (secondary N) is 1. The Hall–Kier alpha value is -1.87. The van der Waals surface area contributed by atoms with E-state index in [4.69, 9.17) is 0 Å². The Morgan fingerprint density at radius 2 is 1.89 bits per heavy atom. The number of anilines is 1. The van der Waals surface area contributed by atoms with Gasteiger partial charge in [0, 0.05) is 16.6 Å². The minimum Gasteiger partial charge on any atom is -0.323 e. The molecule has 0 atom stereocenters. The quantitative estimate of drug-likeness (QED) is 0.827. The molecule has 3 heteroatoms. The van der Waals surface area contributed by atoms with Gasteiger partial charge in [-0.2, -0.15) is 0 Å². The van der Waals surface area contributed by atoms with Crippen LogP contribution in [0.3, 0.4) is 0 Å². The van der Waals surface area contributed by atoms with Crippen LogP contribution >= 0.6 is 11.3 Å². The van der Waals surface area contributed by atoms with Crippen LogP contribution in [0.1, 0.15) is 16.0 Å². The molecule has 0 saturated heterocycles. The van der Waals surface area contributed by atoms with Gasteiger partial charge in [0.15, 0.2) is 0 Å². The van der Waals surface area contributed by atoms with Crippen molar-refractivity contribution in [3.8, 4) is 0 Å². The summed E-state index contributed by atoms with van der Waals surface area (Å²) >= 11 is 1.63. The smallest absolute Gasteiger partial charge is 0.248 e. The van der Waals surface area contributed by atoms with Crippen molar-refractivity contribution in [2.75, 3.05) is 5.32 Å². The van der Waals surface area contributed by atoms with Crippen molar-refractivity contribution in [1.29, 1.82) is 0 Å². The van der Waals surface area contributed by atoms with Gasteiger partial charge in [0.05, 0.1) is 0 Å². The molecule has 92 valence electrons. The molecule has 0 spiro atoms. The van der Waals surface area contributed by atoms with E-state index in [1.807, 2.05) is 55.6 Å². The summed E-state index contributed by atoms with van der Waals surface area (Å²) in [7, 11) is 0. The van der Waals surface area contributed by atoms with Gasteiger partial charge < -0.3 is 5.32 Å². The van der Waals surface area contributed by atoms with Gasteiger partial charge in [0.25, 0.3) is 0 Å². The molecule has 1 N–H and O–H groups in total. The van der Waals surface area contributed by atoms with E-state index in [0.29, 0.717) is 0 Å². The lowest BCUT2D eigenvalue weighted by Crippen LogP contribution is -2.07. The third-order valence-corrected chi connectivity index (χ3v) is 3.59. The highest BCUT2D eigenvalue weighted by Crippen LogP contribution is 2.17. The lowest BCUT2D eigenvalue weighted by atomic mass is 10.2. The van der Waals surface area contributed by atoms with Crippen molar-refractivity contribution in [1.82, 2.24) is 0 Å². The minimum absolute atomic E-state index is 0.105. The van der Waals surface area contributed by atoms with Crippen LogP contribution in [0.25, 0.3) is 6.08 Å². The first kappa shape index (κ1) is 12.6. The third-order valence-electron chi connectivity index (χ3n) is 2.61. The number of carbonyl (C=O) groups excluding carboxylic acids is 1. The fraction of sp³-hybridized carbons (Fsp3) is 0.133. The molecule has 2 nitrogen and oxygen atoms in total.